The third kappa shape index (κ3) is 3.35. The van der Waals surface area contributed by atoms with Crippen LogP contribution in [0.4, 0.5) is 11.4 Å². The van der Waals surface area contributed by atoms with Crippen molar-refractivity contribution in [1.82, 2.24) is 0 Å². The van der Waals surface area contributed by atoms with Crippen molar-refractivity contribution in [2.45, 2.75) is 0 Å². The van der Waals surface area contributed by atoms with Crippen molar-refractivity contribution in [3.05, 3.63) is 53.6 Å². The highest BCUT2D eigenvalue weighted by Crippen LogP contribution is 2.27. The van der Waals surface area contributed by atoms with E-state index >= 15 is 0 Å². The van der Waals surface area contributed by atoms with Gasteiger partial charge in [-0.25, -0.2) is 9.59 Å². The molecule has 2 aromatic rings. The number of aromatic hydroxyl groups is 1. The Morgan fingerprint density at radius 3 is 2.00 bits per heavy atom. The SMILES string of the molecule is COC(=O)c1cc(Nc2ccccc2O)cc(C(=O)OC)c1. The second kappa shape index (κ2) is 6.62. The Labute approximate surface area is 127 Å². The number of anilines is 2. The van der Waals surface area contributed by atoms with Gasteiger partial charge in [0.1, 0.15) is 5.75 Å². The predicted molar refractivity (Wildman–Crippen MR) is 80.5 cm³/mol. The van der Waals surface area contributed by atoms with E-state index in [1.807, 2.05) is 0 Å². The van der Waals surface area contributed by atoms with Crippen LogP contribution in [-0.4, -0.2) is 31.3 Å². The molecule has 2 aromatic carbocycles. The van der Waals surface area contributed by atoms with Crippen molar-refractivity contribution in [2.24, 2.45) is 0 Å². The highest BCUT2D eigenvalue weighted by molar-refractivity contribution is 5.97. The number of nitrogens with one attached hydrogen (secondary N) is 1. The largest absolute Gasteiger partial charge is 0.506 e. The molecular weight excluding hydrogens is 286 g/mol. The summed E-state index contributed by atoms with van der Waals surface area (Å²) < 4.78 is 9.33. The Balaban J connectivity index is 2.44. The van der Waals surface area contributed by atoms with E-state index < -0.39 is 11.9 Å². The Bertz CT molecular complexity index is 677. The molecule has 2 rings (SSSR count). The number of benzene rings is 2. The summed E-state index contributed by atoms with van der Waals surface area (Å²) in [6, 6.07) is 11.0. The van der Waals surface area contributed by atoms with Crippen LogP contribution < -0.4 is 5.32 Å². The van der Waals surface area contributed by atoms with Gasteiger partial charge in [0.25, 0.3) is 0 Å². The third-order valence-corrected chi connectivity index (χ3v) is 2.96. The van der Waals surface area contributed by atoms with E-state index in [9.17, 15) is 14.7 Å². The molecule has 6 nitrogen and oxygen atoms in total. The molecule has 0 fully saturated rings. The number of carbonyl (C=O) groups is 2. The monoisotopic (exact) mass is 301 g/mol. The number of phenolic OH excluding ortho intramolecular Hbond substituents is 1. The molecule has 0 aliphatic rings. The number of rotatable bonds is 4. The summed E-state index contributed by atoms with van der Waals surface area (Å²) in [5, 5.41) is 12.7. The van der Waals surface area contributed by atoms with Crippen LogP contribution in [0.2, 0.25) is 0 Å². The average molecular weight is 301 g/mol. The van der Waals surface area contributed by atoms with Crippen LogP contribution in [0.25, 0.3) is 0 Å². The molecule has 0 amide bonds. The van der Waals surface area contributed by atoms with Crippen LogP contribution >= 0.6 is 0 Å². The minimum Gasteiger partial charge on any atom is -0.506 e. The van der Waals surface area contributed by atoms with Crippen molar-refractivity contribution in [3.63, 3.8) is 0 Å². The number of hydrogen-bond acceptors (Lipinski definition) is 6. The molecule has 22 heavy (non-hydrogen) atoms. The van der Waals surface area contributed by atoms with Crippen molar-refractivity contribution in [2.75, 3.05) is 19.5 Å². The van der Waals surface area contributed by atoms with E-state index in [4.69, 9.17) is 0 Å². The fourth-order valence-corrected chi connectivity index (χ4v) is 1.91. The minimum atomic E-state index is -0.578. The van der Waals surface area contributed by atoms with Gasteiger partial charge in [-0.15, -0.1) is 0 Å². The van der Waals surface area contributed by atoms with Crippen LogP contribution in [0.1, 0.15) is 20.7 Å². The van der Waals surface area contributed by atoms with E-state index in [0.717, 1.165) is 0 Å². The summed E-state index contributed by atoms with van der Waals surface area (Å²) in [5.74, 6) is -1.11. The van der Waals surface area contributed by atoms with Gasteiger partial charge in [0.05, 0.1) is 31.0 Å². The lowest BCUT2D eigenvalue weighted by Crippen LogP contribution is -2.07. The molecule has 0 bridgehead atoms. The maximum atomic E-state index is 11.7. The molecule has 0 atom stereocenters. The first kappa shape index (κ1) is 15.4. The lowest BCUT2D eigenvalue weighted by molar-refractivity contribution is 0.0599. The van der Waals surface area contributed by atoms with Gasteiger partial charge in [-0.3, -0.25) is 0 Å². The number of ether oxygens (including phenoxy) is 2. The van der Waals surface area contributed by atoms with Crippen LogP contribution in [0.15, 0.2) is 42.5 Å². The number of methoxy groups -OCH3 is 2. The predicted octanol–water partition coefficient (Wildman–Crippen LogP) is 2.71. The molecular formula is C16H15NO5. The minimum absolute atomic E-state index is 0.0468. The van der Waals surface area contributed by atoms with E-state index in [2.05, 4.69) is 14.8 Å². The van der Waals surface area contributed by atoms with Crippen molar-refractivity contribution < 1.29 is 24.2 Å². The number of phenols is 1. The highest BCUT2D eigenvalue weighted by Gasteiger charge is 2.14. The van der Waals surface area contributed by atoms with E-state index in [0.29, 0.717) is 11.4 Å². The lowest BCUT2D eigenvalue weighted by Gasteiger charge is -2.11. The number of carbonyl (C=O) groups excluding carboxylic acids is 2. The third-order valence-electron chi connectivity index (χ3n) is 2.96. The summed E-state index contributed by atoms with van der Waals surface area (Å²) in [6.07, 6.45) is 0. The Kier molecular flexibility index (Phi) is 4.63. The smallest absolute Gasteiger partial charge is 0.337 e. The number of para-hydroxylation sites is 2. The standard InChI is InChI=1S/C16H15NO5/c1-21-15(19)10-7-11(16(20)22-2)9-12(8-10)17-13-5-3-4-6-14(13)18/h3-9,17-18H,1-2H3. The molecule has 0 saturated carbocycles. The quantitative estimate of drug-likeness (QED) is 0.667. The molecule has 0 saturated heterocycles. The maximum absolute atomic E-state index is 11.7. The second-order valence-corrected chi connectivity index (χ2v) is 4.42. The molecule has 114 valence electrons. The summed E-state index contributed by atoms with van der Waals surface area (Å²) in [4.78, 5) is 23.4. The molecule has 6 heteroatoms. The van der Waals surface area contributed by atoms with Crippen LogP contribution in [0, 0.1) is 0 Å². The number of hydrogen-bond donors (Lipinski definition) is 2. The van der Waals surface area contributed by atoms with Crippen molar-refractivity contribution in [3.8, 4) is 5.75 Å². The summed E-state index contributed by atoms with van der Waals surface area (Å²) in [5.41, 5.74) is 1.29. The van der Waals surface area contributed by atoms with Gasteiger partial charge in [0.15, 0.2) is 0 Å². The number of esters is 2. The van der Waals surface area contributed by atoms with E-state index in [1.165, 1.54) is 38.5 Å². The van der Waals surface area contributed by atoms with Gasteiger partial charge in [0.2, 0.25) is 0 Å². The van der Waals surface area contributed by atoms with Gasteiger partial charge in [-0.05, 0) is 30.3 Å². The first-order valence-electron chi connectivity index (χ1n) is 6.42. The lowest BCUT2D eigenvalue weighted by atomic mass is 10.1. The first-order valence-corrected chi connectivity index (χ1v) is 6.42. The molecule has 0 unspecified atom stereocenters. The van der Waals surface area contributed by atoms with Crippen molar-refractivity contribution >= 4 is 23.3 Å². The second-order valence-electron chi connectivity index (χ2n) is 4.42. The zero-order valence-corrected chi connectivity index (χ0v) is 12.1. The maximum Gasteiger partial charge on any atom is 0.337 e. The average Bonchev–Trinajstić information content (AvgIpc) is 2.55. The molecule has 0 radical (unpaired) electrons. The van der Waals surface area contributed by atoms with E-state index in [-0.39, 0.29) is 16.9 Å². The highest BCUT2D eigenvalue weighted by atomic mass is 16.5. The molecule has 0 spiro atoms. The summed E-state index contributed by atoms with van der Waals surface area (Å²) in [6.45, 7) is 0. The van der Waals surface area contributed by atoms with E-state index in [1.54, 1.807) is 18.2 Å². The zero-order valence-electron chi connectivity index (χ0n) is 12.1. The fourth-order valence-electron chi connectivity index (χ4n) is 1.91. The topological polar surface area (TPSA) is 84.9 Å². The van der Waals surface area contributed by atoms with Gasteiger partial charge >= 0.3 is 11.9 Å². The zero-order chi connectivity index (χ0) is 16.1. The van der Waals surface area contributed by atoms with Gasteiger partial charge in [-0.1, -0.05) is 12.1 Å². The molecule has 2 N–H and O–H groups in total. The van der Waals surface area contributed by atoms with Crippen LogP contribution in [-0.2, 0) is 9.47 Å². The van der Waals surface area contributed by atoms with Gasteiger partial charge < -0.3 is 19.9 Å². The Morgan fingerprint density at radius 1 is 0.955 bits per heavy atom. The van der Waals surface area contributed by atoms with Gasteiger partial charge in [-0.2, -0.15) is 0 Å². The summed E-state index contributed by atoms with van der Waals surface area (Å²) >= 11 is 0. The molecule has 0 aliphatic heterocycles. The van der Waals surface area contributed by atoms with Gasteiger partial charge in [0, 0.05) is 5.69 Å². The molecule has 0 aliphatic carbocycles. The van der Waals surface area contributed by atoms with Crippen molar-refractivity contribution in [1.29, 1.82) is 0 Å². The summed E-state index contributed by atoms with van der Waals surface area (Å²) in [7, 11) is 2.51. The molecule has 0 aromatic heterocycles. The first-order chi connectivity index (χ1) is 10.5. The van der Waals surface area contributed by atoms with Crippen LogP contribution in [0.5, 0.6) is 5.75 Å². The normalized spacial score (nSPS) is 9.91. The Morgan fingerprint density at radius 2 is 1.50 bits per heavy atom. The fraction of sp³-hybridized carbons (Fsp3) is 0.125. The molecule has 0 heterocycles. The van der Waals surface area contributed by atoms with Crippen LogP contribution in [0.3, 0.4) is 0 Å². The Hall–Kier alpha value is -3.02.